The van der Waals surface area contributed by atoms with Gasteiger partial charge in [-0.3, -0.25) is 4.79 Å². The summed E-state index contributed by atoms with van der Waals surface area (Å²) < 4.78 is 45.3. The Balaban J connectivity index is 2.62. The Morgan fingerprint density at radius 2 is 2.23 bits per heavy atom. The third-order valence-corrected chi connectivity index (χ3v) is 1.83. The Hall–Kier alpha value is -0.780. The Bertz CT molecular complexity index is 202. The molecule has 13 heavy (non-hydrogen) atoms. The lowest BCUT2D eigenvalue weighted by Crippen LogP contribution is -2.41. The van der Waals surface area contributed by atoms with Crippen LogP contribution in [0, 0.1) is 0 Å². The van der Waals surface area contributed by atoms with Crippen LogP contribution in [-0.4, -0.2) is 31.5 Å². The summed E-state index contributed by atoms with van der Waals surface area (Å²) in [5.41, 5.74) is 0. The van der Waals surface area contributed by atoms with Gasteiger partial charge in [0.15, 0.2) is 6.10 Å². The quantitative estimate of drug-likeness (QED) is 0.627. The number of methoxy groups -OCH3 is 1. The first-order valence-electron chi connectivity index (χ1n) is 3.74. The minimum absolute atomic E-state index is 0.0284. The van der Waals surface area contributed by atoms with E-state index >= 15 is 0 Å². The van der Waals surface area contributed by atoms with Crippen LogP contribution >= 0.6 is 0 Å². The highest BCUT2D eigenvalue weighted by atomic mass is 19.4. The molecule has 1 aliphatic rings. The Kier molecular flexibility index (Phi) is 2.80. The van der Waals surface area contributed by atoms with Crippen LogP contribution in [0.25, 0.3) is 0 Å². The minimum Gasteiger partial charge on any atom is -0.459 e. The fraction of sp³-hybridized carbons (Fsp3) is 0.857. The van der Waals surface area contributed by atoms with Gasteiger partial charge in [-0.15, -0.1) is 0 Å². The van der Waals surface area contributed by atoms with Crippen molar-refractivity contribution in [3.05, 3.63) is 0 Å². The molecule has 0 saturated carbocycles. The van der Waals surface area contributed by atoms with E-state index < -0.39 is 24.4 Å². The molecule has 0 aromatic carbocycles. The third kappa shape index (κ3) is 2.33. The van der Waals surface area contributed by atoms with Crippen molar-refractivity contribution in [1.29, 1.82) is 0 Å². The molecule has 0 N–H and O–H groups in total. The molecular weight excluding hydrogens is 189 g/mol. The van der Waals surface area contributed by atoms with Crippen molar-refractivity contribution < 1.29 is 27.4 Å². The largest absolute Gasteiger partial charge is 0.459 e. The van der Waals surface area contributed by atoms with Crippen LogP contribution in [0.4, 0.5) is 13.2 Å². The highest BCUT2D eigenvalue weighted by molar-refractivity contribution is 5.71. The lowest BCUT2D eigenvalue weighted by Gasteiger charge is -2.23. The Labute approximate surface area is 72.8 Å². The van der Waals surface area contributed by atoms with Crippen molar-refractivity contribution in [3.63, 3.8) is 0 Å². The molecule has 0 aromatic heterocycles. The number of cyclic esters (lactones) is 1. The predicted octanol–water partition coefficient (Wildman–Crippen LogP) is 1.27. The molecule has 2 atom stereocenters. The molecule has 6 heteroatoms. The molecule has 1 rings (SSSR count). The summed E-state index contributed by atoms with van der Waals surface area (Å²) in [6.07, 6.45) is -7.57. The maximum absolute atomic E-state index is 12.2. The fourth-order valence-electron chi connectivity index (χ4n) is 1.26. The lowest BCUT2D eigenvalue weighted by atomic mass is 10.1. The monoisotopic (exact) mass is 198 g/mol. The number of carbonyl (C=O) groups excluding carboxylic acids is 1. The fourth-order valence-corrected chi connectivity index (χ4v) is 1.26. The Morgan fingerprint density at radius 3 is 2.54 bits per heavy atom. The van der Waals surface area contributed by atoms with E-state index in [1.807, 2.05) is 0 Å². The molecule has 1 fully saturated rings. The number of rotatable bonds is 2. The zero-order chi connectivity index (χ0) is 10.1. The van der Waals surface area contributed by atoms with Gasteiger partial charge < -0.3 is 9.47 Å². The normalized spacial score (nSPS) is 25.8. The highest BCUT2D eigenvalue weighted by Gasteiger charge is 2.48. The molecule has 3 nitrogen and oxygen atoms in total. The minimum atomic E-state index is -4.48. The second-order valence-corrected chi connectivity index (χ2v) is 2.76. The van der Waals surface area contributed by atoms with Crippen molar-refractivity contribution in [2.24, 2.45) is 0 Å². The zero-order valence-electron chi connectivity index (χ0n) is 6.93. The molecule has 1 heterocycles. The number of alkyl halides is 3. The summed E-state index contributed by atoms with van der Waals surface area (Å²) in [5, 5.41) is 0. The molecule has 1 aliphatic heterocycles. The van der Waals surface area contributed by atoms with E-state index in [1.54, 1.807) is 0 Å². The molecule has 0 spiro atoms. The SMILES string of the molecule is COC(C1CCC(=O)O1)C(F)(F)F. The van der Waals surface area contributed by atoms with E-state index in [0.29, 0.717) is 0 Å². The van der Waals surface area contributed by atoms with E-state index in [9.17, 15) is 18.0 Å². The van der Waals surface area contributed by atoms with Crippen LogP contribution in [0.3, 0.4) is 0 Å². The lowest BCUT2D eigenvalue weighted by molar-refractivity contribution is -0.238. The van der Waals surface area contributed by atoms with E-state index in [-0.39, 0.29) is 12.8 Å². The van der Waals surface area contributed by atoms with Crippen LogP contribution < -0.4 is 0 Å². The standard InChI is InChI=1S/C7H9F3O3/c1-12-6(7(8,9)10)4-2-3-5(11)13-4/h4,6H,2-3H2,1H3. The third-order valence-electron chi connectivity index (χ3n) is 1.83. The first-order valence-corrected chi connectivity index (χ1v) is 3.74. The maximum atomic E-state index is 12.2. The number of ether oxygens (including phenoxy) is 2. The molecule has 0 aliphatic carbocycles. The van der Waals surface area contributed by atoms with Gasteiger partial charge in [0.1, 0.15) is 6.10 Å². The van der Waals surface area contributed by atoms with Crippen molar-refractivity contribution >= 4 is 5.97 Å². The first kappa shape index (κ1) is 10.3. The topological polar surface area (TPSA) is 35.5 Å². The summed E-state index contributed by atoms with van der Waals surface area (Å²) in [6.45, 7) is 0. The summed E-state index contributed by atoms with van der Waals surface area (Å²) in [7, 11) is 0.949. The summed E-state index contributed by atoms with van der Waals surface area (Å²) in [4.78, 5) is 10.6. The molecule has 0 amide bonds. The van der Waals surface area contributed by atoms with Gasteiger partial charge in [-0.1, -0.05) is 0 Å². The van der Waals surface area contributed by atoms with Crippen molar-refractivity contribution in [3.8, 4) is 0 Å². The van der Waals surface area contributed by atoms with E-state index in [0.717, 1.165) is 7.11 Å². The highest BCUT2D eigenvalue weighted by Crippen LogP contribution is 2.30. The van der Waals surface area contributed by atoms with Crippen LogP contribution in [0.15, 0.2) is 0 Å². The van der Waals surface area contributed by atoms with Crippen molar-refractivity contribution in [2.75, 3.05) is 7.11 Å². The van der Waals surface area contributed by atoms with Gasteiger partial charge in [-0.25, -0.2) is 0 Å². The number of carbonyl (C=O) groups is 1. The maximum Gasteiger partial charge on any atom is 0.418 e. The molecule has 1 saturated heterocycles. The van der Waals surface area contributed by atoms with Crippen molar-refractivity contribution in [2.45, 2.75) is 31.2 Å². The van der Waals surface area contributed by atoms with Crippen LogP contribution in [-0.2, 0) is 14.3 Å². The van der Waals surface area contributed by atoms with Gasteiger partial charge in [-0.2, -0.15) is 13.2 Å². The van der Waals surface area contributed by atoms with Gasteiger partial charge in [0.25, 0.3) is 0 Å². The average Bonchev–Trinajstić information content (AvgIpc) is 2.34. The van der Waals surface area contributed by atoms with Gasteiger partial charge >= 0.3 is 12.1 Å². The van der Waals surface area contributed by atoms with E-state index in [2.05, 4.69) is 9.47 Å². The van der Waals surface area contributed by atoms with Gasteiger partial charge in [0, 0.05) is 13.5 Å². The predicted molar refractivity (Wildman–Crippen MR) is 36.0 cm³/mol. The Morgan fingerprint density at radius 1 is 1.62 bits per heavy atom. The second kappa shape index (κ2) is 3.53. The summed E-state index contributed by atoms with van der Waals surface area (Å²) in [6, 6.07) is 0. The molecular formula is C7H9F3O3. The average molecular weight is 198 g/mol. The number of hydrogen-bond donors (Lipinski definition) is 0. The van der Waals surface area contributed by atoms with Crippen LogP contribution in [0.5, 0.6) is 0 Å². The smallest absolute Gasteiger partial charge is 0.418 e. The number of hydrogen-bond acceptors (Lipinski definition) is 3. The van der Waals surface area contributed by atoms with Crippen LogP contribution in [0.2, 0.25) is 0 Å². The molecule has 0 bridgehead atoms. The second-order valence-electron chi connectivity index (χ2n) is 2.76. The van der Waals surface area contributed by atoms with Gasteiger partial charge in [0.05, 0.1) is 0 Å². The summed E-state index contributed by atoms with van der Waals surface area (Å²) >= 11 is 0. The van der Waals surface area contributed by atoms with Gasteiger partial charge in [-0.05, 0) is 6.42 Å². The molecule has 0 aromatic rings. The zero-order valence-corrected chi connectivity index (χ0v) is 6.93. The number of esters is 1. The van der Waals surface area contributed by atoms with E-state index in [1.165, 1.54) is 0 Å². The number of halogens is 3. The van der Waals surface area contributed by atoms with Crippen molar-refractivity contribution in [1.82, 2.24) is 0 Å². The van der Waals surface area contributed by atoms with Crippen LogP contribution in [0.1, 0.15) is 12.8 Å². The van der Waals surface area contributed by atoms with Gasteiger partial charge in [0.2, 0.25) is 0 Å². The first-order chi connectivity index (χ1) is 5.95. The molecule has 2 unspecified atom stereocenters. The molecule has 0 radical (unpaired) electrons. The molecule has 76 valence electrons. The summed E-state index contributed by atoms with van der Waals surface area (Å²) in [5.74, 6) is -0.601. The van der Waals surface area contributed by atoms with E-state index in [4.69, 9.17) is 0 Å².